The molecule has 0 N–H and O–H groups in total. The van der Waals surface area contributed by atoms with Crippen LogP contribution in [0.15, 0.2) is 28.7 Å². The predicted molar refractivity (Wildman–Crippen MR) is 88.3 cm³/mol. The van der Waals surface area contributed by atoms with E-state index in [4.69, 9.17) is 9.47 Å². The predicted octanol–water partition coefficient (Wildman–Crippen LogP) is 1.60. The molecule has 0 unspecified atom stereocenters. The Bertz CT molecular complexity index is 772. The van der Waals surface area contributed by atoms with Crippen molar-refractivity contribution in [3.8, 4) is 11.8 Å². The van der Waals surface area contributed by atoms with E-state index in [1.54, 1.807) is 29.2 Å². The fourth-order valence-corrected chi connectivity index (χ4v) is 2.49. The first-order valence-corrected chi connectivity index (χ1v) is 8.20. The molecule has 1 amide bonds. The molecular weight excluding hydrogens is 398 g/mol. The highest BCUT2D eigenvalue weighted by molar-refractivity contribution is 9.10. The number of carbonyl (C=O) groups is 1. The summed E-state index contributed by atoms with van der Waals surface area (Å²) in [7, 11) is 0. The van der Waals surface area contributed by atoms with Crippen LogP contribution in [0.1, 0.15) is 0 Å². The van der Waals surface area contributed by atoms with Crippen LogP contribution in [0.25, 0.3) is 0 Å². The van der Waals surface area contributed by atoms with E-state index in [2.05, 4.69) is 26.0 Å². The number of carbonyl (C=O) groups excluding carboxylic acids is 1. The van der Waals surface area contributed by atoms with Crippen molar-refractivity contribution < 1.29 is 19.2 Å². The maximum Gasteiger partial charge on any atom is 0.494 e. The van der Waals surface area contributed by atoms with Crippen molar-refractivity contribution in [2.75, 3.05) is 26.3 Å². The zero-order valence-corrected chi connectivity index (χ0v) is 14.6. The normalized spacial score (nSPS) is 14.4. The SMILES string of the molecule is O=C(Cn1nc([N+](=O)[O-])nc1Oc1ccc(Br)cc1)N1CCOCC1. The Labute approximate surface area is 150 Å². The van der Waals surface area contributed by atoms with Gasteiger partial charge in [-0.25, -0.2) is 0 Å². The Balaban J connectivity index is 1.80. The van der Waals surface area contributed by atoms with Crippen LogP contribution in [0.2, 0.25) is 0 Å². The fourth-order valence-electron chi connectivity index (χ4n) is 2.22. The number of amides is 1. The van der Waals surface area contributed by atoms with Crippen LogP contribution in [0.3, 0.4) is 0 Å². The number of aromatic nitrogens is 3. The number of benzene rings is 1. The lowest BCUT2D eigenvalue weighted by molar-refractivity contribution is -0.394. The minimum atomic E-state index is -0.732. The largest absolute Gasteiger partial charge is 0.494 e. The second-order valence-electron chi connectivity index (χ2n) is 5.16. The van der Waals surface area contributed by atoms with Gasteiger partial charge in [0.15, 0.2) is 0 Å². The third kappa shape index (κ3) is 4.31. The van der Waals surface area contributed by atoms with Crippen LogP contribution in [-0.2, 0) is 16.1 Å². The van der Waals surface area contributed by atoms with Gasteiger partial charge in [0.05, 0.1) is 13.2 Å². The van der Waals surface area contributed by atoms with Crippen LogP contribution in [0, 0.1) is 10.1 Å². The molecule has 0 aliphatic carbocycles. The third-order valence-corrected chi connectivity index (χ3v) is 3.99. The summed E-state index contributed by atoms with van der Waals surface area (Å²) in [6.07, 6.45) is 0. The Morgan fingerprint density at radius 1 is 1.32 bits per heavy atom. The molecule has 0 bridgehead atoms. The molecule has 1 saturated heterocycles. The molecule has 3 rings (SSSR count). The van der Waals surface area contributed by atoms with Gasteiger partial charge >= 0.3 is 12.0 Å². The van der Waals surface area contributed by atoms with Crippen LogP contribution in [-0.4, -0.2) is 56.8 Å². The average molecular weight is 412 g/mol. The summed E-state index contributed by atoms with van der Waals surface area (Å²) < 4.78 is 12.7. The van der Waals surface area contributed by atoms with Gasteiger partial charge in [-0.1, -0.05) is 15.9 Å². The summed E-state index contributed by atoms with van der Waals surface area (Å²) in [6.45, 7) is 1.67. The second kappa shape index (κ2) is 7.57. The molecule has 1 aliphatic heterocycles. The summed E-state index contributed by atoms with van der Waals surface area (Å²) in [5, 5.41) is 14.7. The first-order valence-electron chi connectivity index (χ1n) is 7.41. The van der Waals surface area contributed by atoms with Crippen molar-refractivity contribution in [2.45, 2.75) is 6.54 Å². The number of hydrogen-bond donors (Lipinski definition) is 0. The summed E-state index contributed by atoms with van der Waals surface area (Å²) >= 11 is 3.31. The lowest BCUT2D eigenvalue weighted by Gasteiger charge is -2.26. The summed E-state index contributed by atoms with van der Waals surface area (Å²) in [4.78, 5) is 27.9. The summed E-state index contributed by atoms with van der Waals surface area (Å²) in [5.41, 5.74) is 0. The number of halogens is 1. The van der Waals surface area contributed by atoms with Gasteiger partial charge in [-0.15, -0.1) is 4.68 Å². The van der Waals surface area contributed by atoms with Gasteiger partial charge < -0.3 is 24.5 Å². The number of hydrogen-bond acceptors (Lipinski definition) is 7. The number of rotatable bonds is 5. The average Bonchev–Trinajstić information content (AvgIpc) is 3.00. The maximum absolute atomic E-state index is 12.3. The zero-order valence-electron chi connectivity index (χ0n) is 13.0. The van der Waals surface area contributed by atoms with Crippen molar-refractivity contribution in [1.82, 2.24) is 19.7 Å². The molecule has 1 fully saturated rings. The van der Waals surface area contributed by atoms with E-state index in [9.17, 15) is 14.9 Å². The quantitative estimate of drug-likeness (QED) is 0.542. The van der Waals surface area contributed by atoms with Crippen LogP contribution >= 0.6 is 15.9 Å². The lowest BCUT2D eigenvalue weighted by Crippen LogP contribution is -2.42. The van der Waals surface area contributed by atoms with Crippen molar-refractivity contribution >= 4 is 27.8 Å². The Kier molecular flexibility index (Phi) is 5.24. The van der Waals surface area contributed by atoms with Crippen LogP contribution in [0.4, 0.5) is 5.95 Å². The number of morpholine rings is 1. The Hall–Kier alpha value is -2.53. The van der Waals surface area contributed by atoms with Gasteiger partial charge in [0, 0.05) is 22.7 Å². The maximum atomic E-state index is 12.3. The molecule has 2 aromatic rings. The Morgan fingerprint density at radius 3 is 2.64 bits per heavy atom. The molecule has 11 heteroatoms. The van der Waals surface area contributed by atoms with E-state index < -0.39 is 10.9 Å². The number of nitro groups is 1. The van der Waals surface area contributed by atoms with E-state index in [-0.39, 0.29) is 18.5 Å². The topological polar surface area (TPSA) is 113 Å². The van der Waals surface area contributed by atoms with Crippen molar-refractivity contribution in [3.63, 3.8) is 0 Å². The van der Waals surface area contributed by atoms with E-state index in [1.807, 2.05) is 0 Å². The fraction of sp³-hybridized carbons (Fsp3) is 0.357. The minimum absolute atomic E-state index is 0.115. The third-order valence-electron chi connectivity index (χ3n) is 3.46. The van der Waals surface area contributed by atoms with Gasteiger partial charge in [-0.2, -0.15) is 0 Å². The van der Waals surface area contributed by atoms with Gasteiger partial charge in [0.2, 0.25) is 5.91 Å². The molecule has 0 radical (unpaired) electrons. The van der Waals surface area contributed by atoms with Crippen LogP contribution in [0.5, 0.6) is 11.8 Å². The molecule has 1 aromatic heterocycles. The van der Waals surface area contributed by atoms with Crippen molar-refractivity contribution in [1.29, 1.82) is 0 Å². The zero-order chi connectivity index (χ0) is 17.8. The molecule has 25 heavy (non-hydrogen) atoms. The number of nitrogens with zero attached hydrogens (tertiary/aromatic N) is 5. The van der Waals surface area contributed by atoms with E-state index in [0.717, 1.165) is 9.15 Å². The van der Waals surface area contributed by atoms with E-state index in [1.165, 1.54) is 0 Å². The first-order chi connectivity index (χ1) is 12.0. The molecular formula is C14H14BrN5O5. The van der Waals surface area contributed by atoms with E-state index in [0.29, 0.717) is 32.1 Å². The summed E-state index contributed by atoms with van der Waals surface area (Å²) in [5.74, 6) is -0.434. The minimum Gasteiger partial charge on any atom is -0.411 e. The van der Waals surface area contributed by atoms with Gasteiger partial charge in [-0.05, 0) is 34.2 Å². The highest BCUT2D eigenvalue weighted by Crippen LogP contribution is 2.23. The van der Waals surface area contributed by atoms with Gasteiger partial charge in [0.1, 0.15) is 12.3 Å². The van der Waals surface area contributed by atoms with Gasteiger partial charge in [-0.3, -0.25) is 4.79 Å². The standard InChI is InChI=1S/C14H14BrN5O5/c15-10-1-3-11(4-2-10)25-14-16-13(20(22)23)17-19(14)9-12(21)18-5-7-24-8-6-18/h1-4H,5-9H2. The molecule has 0 atom stereocenters. The molecule has 0 saturated carbocycles. The van der Waals surface area contributed by atoms with E-state index >= 15 is 0 Å². The first kappa shape index (κ1) is 17.3. The summed E-state index contributed by atoms with van der Waals surface area (Å²) in [6, 6.07) is 6.72. The van der Waals surface area contributed by atoms with Gasteiger partial charge in [0.25, 0.3) is 0 Å². The number of ether oxygens (including phenoxy) is 2. The molecule has 132 valence electrons. The molecule has 0 spiro atoms. The van der Waals surface area contributed by atoms with Crippen molar-refractivity contribution in [2.24, 2.45) is 0 Å². The monoisotopic (exact) mass is 411 g/mol. The smallest absolute Gasteiger partial charge is 0.411 e. The Morgan fingerprint density at radius 2 is 2.00 bits per heavy atom. The molecule has 1 aromatic carbocycles. The molecule has 10 nitrogen and oxygen atoms in total. The highest BCUT2D eigenvalue weighted by atomic mass is 79.9. The van der Waals surface area contributed by atoms with Crippen LogP contribution < -0.4 is 4.74 Å². The molecule has 2 heterocycles. The van der Waals surface area contributed by atoms with Crippen molar-refractivity contribution in [3.05, 3.63) is 38.9 Å². The molecule has 1 aliphatic rings. The second-order valence-corrected chi connectivity index (χ2v) is 6.07. The lowest BCUT2D eigenvalue weighted by atomic mass is 10.3. The highest BCUT2D eigenvalue weighted by Gasteiger charge is 2.27.